The Balaban J connectivity index is 2.28. The Morgan fingerprint density at radius 1 is 1.00 bits per heavy atom. The Morgan fingerprint density at radius 2 is 1.80 bits per heavy atom. The summed E-state index contributed by atoms with van der Waals surface area (Å²) in [7, 11) is 1.63. The molecule has 0 bridgehead atoms. The third-order valence-electron chi connectivity index (χ3n) is 3.28. The molecule has 4 nitrogen and oxygen atoms in total. The fourth-order valence-corrected chi connectivity index (χ4v) is 2.31. The van der Waals surface area contributed by atoms with Gasteiger partial charge in [-0.3, -0.25) is 0 Å². The van der Waals surface area contributed by atoms with Crippen LogP contribution in [0.2, 0.25) is 0 Å². The Morgan fingerprint density at radius 3 is 2.55 bits per heavy atom. The van der Waals surface area contributed by atoms with Crippen molar-refractivity contribution in [1.82, 2.24) is 9.97 Å². The number of rotatable bonds is 2. The molecular formula is C16H15N3O. The second kappa shape index (κ2) is 4.81. The number of hydrogen-bond acceptors (Lipinski definition) is 4. The zero-order chi connectivity index (χ0) is 14.1. The van der Waals surface area contributed by atoms with Crippen molar-refractivity contribution in [3.05, 3.63) is 48.2 Å². The fraction of sp³-hybridized carbons (Fsp3) is 0.125. The van der Waals surface area contributed by atoms with Gasteiger partial charge < -0.3 is 10.5 Å². The number of nitrogens with zero attached hydrogens (tertiary/aromatic N) is 2. The van der Waals surface area contributed by atoms with Crippen molar-refractivity contribution < 1.29 is 4.74 Å². The van der Waals surface area contributed by atoms with Crippen molar-refractivity contribution in [2.24, 2.45) is 0 Å². The zero-order valence-corrected chi connectivity index (χ0v) is 11.4. The summed E-state index contributed by atoms with van der Waals surface area (Å²) in [5.74, 6) is 1.11. The molecule has 3 aromatic rings. The fourth-order valence-electron chi connectivity index (χ4n) is 2.31. The van der Waals surface area contributed by atoms with Crippen LogP contribution in [0.5, 0.6) is 5.88 Å². The molecule has 0 fully saturated rings. The number of aromatic nitrogens is 2. The van der Waals surface area contributed by atoms with Crippen molar-refractivity contribution in [3.63, 3.8) is 0 Å². The highest BCUT2D eigenvalue weighted by molar-refractivity contribution is 5.86. The second-order valence-electron chi connectivity index (χ2n) is 4.61. The van der Waals surface area contributed by atoms with Gasteiger partial charge in [-0.05, 0) is 31.2 Å². The maximum absolute atomic E-state index is 5.71. The van der Waals surface area contributed by atoms with E-state index in [0.717, 1.165) is 27.7 Å². The summed E-state index contributed by atoms with van der Waals surface area (Å²) in [6.45, 7) is 1.93. The van der Waals surface area contributed by atoms with E-state index in [-0.39, 0.29) is 0 Å². The smallest absolute Gasteiger partial charge is 0.221 e. The predicted octanol–water partition coefficient (Wildman–Crippen LogP) is 3.20. The van der Waals surface area contributed by atoms with Crippen LogP contribution in [-0.2, 0) is 0 Å². The van der Waals surface area contributed by atoms with Crippen molar-refractivity contribution in [1.29, 1.82) is 0 Å². The molecule has 100 valence electrons. The number of methoxy groups -OCH3 is 1. The SMILES string of the molecule is COc1nc2ccccc2cc1-c1ccc(N)nc1C. The van der Waals surface area contributed by atoms with Crippen LogP contribution in [0.15, 0.2) is 42.5 Å². The number of pyridine rings is 2. The number of nitrogens with two attached hydrogens (primary N) is 1. The normalized spacial score (nSPS) is 10.7. The number of benzene rings is 1. The van der Waals surface area contributed by atoms with E-state index in [2.05, 4.69) is 16.0 Å². The molecule has 0 aliphatic carbocycles. The molecule has 0 aliphatic heterocycles. The summed E-state index contributed by atoms with van der Waals surface area (Å²) in [4.78, 5) is 8.85. The van der Waals surface area contributed by atoms with Crippen molar-refractivity contribution >= 4 is 16.7 Å². The first-order valence-electron chi connectivity index (χ1n) is 6.36. The van der Waals surface area contributed by atoms with Crippen LogP contribution in [-0.4, -0.2) is 17.1 Å². The predicted molar refractivity (Wildman–Crippen MR) is 80.7 cm³/mol. The first-order valence-corrected chi connectivity index (χ1v) is 6.36. The molecule has 1 aromatic carbocycles. The van der Waals surface area contributed by atoms with Crippen molar-refractivity contribution in [2.75, 3.05) is 12.8 Å². The minimum Gasteiger partial charge on any atom is -0.481 e. The van der Waals surface area contributed by atoms with Gasteiger partial charge in [0.25, 0.3) is 0 Å². The van der Waals surface area contributed by atoms with E-state index in [9.17, 15) is 0 Å². The number of hydrogen-bond donors (Lipinski definition) is 1. The molecule has 2 aromatic heterocycles. The first kappa shape index (κ1) is 12.4. The Labute approximate surface area is 117 Å². The molecule has 0 saturated carbocycles. The number of para-hydroxylation sites is 1. The molecule has 0 saturated heterocycles. The number of nitrogen functional groups attached to an aromatic ring is 1. The average Bonchev–Trinajstić information content (AvgIpc) is 2.46. The lowest BCUT2D eigenvalue weighted by Gasteiger charge is -2.11. The largest absolute Gasteiger partial charge is 0.481 e. The maximum Gasteiger partial charge on any atom is 0.221 e. The summed E-state index contributed by atoms with van der Waals surface area (Å²) >= 11 is 0. The summed E-state index contributed by atoms with van der Waals surface area (Å²) in [5, 5.41) is 1.07. The Hall–Kier alpha value is -2.62. The highest BCUT2D eigenvalue weighted by Gasteiger charge is 2.12. The molecular weight excluding hydrogens is 250 g/mol. The summed E-state index contributed by atoms with van der Waals surface area (Å²) in [6, 6.07) is 13.8. The van der Waals surface area contributed by atoms with Crippen molar-refractivity contribution in [3.8, 4) is 17.0 Å². The standard InChI is InChI=1S/C16H15N3O/c1-10-12(7-8-15(17)18-10)13-9-11-5-3-4-6-14(11)19-16(13)20-2/h3-9H,1-2H3,(H2,17,18). The van der Waals surface area contributed by atoms with Crippen LogP contribution in [0.1, 0.15) is 5.69 Å². The highest BCUT2D eigenvalue weighted by atomic mass is 16.5. The van der Waals surface area contributed by atoms with Gasteiger partial charge in [0.2, 0.25) is 5.88 Å². The quantitative estimate of drug-likeness (QED) is 0.773. The molecule has 20 heavy (non-hydrogen) atoms. The lowest BCUT2D eigenvalue weighted by atomic mass is 10.0. The van der Waals surface area contributed by atoms with Gasteiger partial charge in [-0.15, -0.1) is 0 Å². The molecule has 0 spiro atoms. The minimum absolute atomic E-state index is 0.513. The van der Waals surface area contributed by atoms with E-state index in [0.29, 0.717) is 11.7 Å². The van der Waals surface area contributed by atoms with Gasteiger partial charge in [-0.2, -0.15) is 0 Å². The van der Waals surface area contributed by atoms with E-state index >= 15 is 0 Å². The number of aryl methyl sites for hydroxylation is 1. The van der Waals surface area contributed by atoms with Crippen LogP contribution < -0.4 is 10.5 Å². The summed E-state index contributed by atoms with van der Waals surface area (Å²) in [6.07, 6.45) is 0. The van der Waals surface area contributed by atoms with Crippen LogP contribution in [0.25, 0.3) is 22.0 Å². The van der Waals surface area contributed by atoms with E-state index in [1.165, 1.54) is 0 Å². The van der Waals surface area contributed by atoms with E-state index in [4.69, 9.17) is 10.5 Å². The summed E-state index contributed by atoms with van der Waals surface area (Å²) in [5.41, 5.74) is 9.39. The average molecular weight is 265 g/mol. The van der Waals surface area contributed by atoms with E-state index in [1.54, 1.807) is 13.2 Å². The van der Waals surface area contributed by atoms with Crippen LogP contribution in [0.3, 0.4) is 0 Å². The van der Waals surface area contributed by atoms with Gasteiger partial charge in [0, 0.05) is 22.2 Å². The lowest BCUT2D eigenvalue weighted by Crippen LogP contribution is -1.97. The third kappa shape index (κ3) is 2.05. The van der Waals surface area contributed by atoms with Gasteiger partial charge in [0.1, 0.15) is 5.82 Å². The second-order valence-corrected chi connectivity index (χ2v) is 4.61. The Kier molecular flexibility index (Phi) is 2.99. The van der Waals surface area contributed by atoms with Gasteiger partial charge in [0.05, 0.1) is 12.6 Å². The molecule has 2 heterocycles. The van der Waals surface area contributed by atoms with Gasteiger partial charge >= 0.3 is 0 Å². The molecule has 0 unspecified atom stereocenters. The van der Waals surface area contributed by atoms with Crippen LogP contribution >= 0.6 is 0 Å². The lowest BCUT2D eigenvalue weighted by molar-refractivity contribution is 0.401. The molecule has 4 heteroatoms. The monoisotopic (exact) mass is 265 g/mol. The molecule has 2 N–H and O–H groups in total. The topological polar surface area (TPSA) is 61.0 Å². The molecule has 3 rings (SSSR count). The van der Waals surface area contributed by atoms with Crippen LogP contribution in [0, 0.1) is 6.92 Å². The van der Waals surface area contributed by atoms with Gasteiger partial charge in [0.15, 0.2) is 0 Å². The maximum atomic E-state index is 5.71. The van der Waals surface area contributed by atoms with Crippen molar-refractivity contribution in [2.45, 2.75) is 6.92 Å². The first-order chi connectivity index (χ1) is 9.69. The number of fused-ring (bicyclic) bond motifs is 1. The van der Waals surface area contributed by atoms with Crippen LogP contribution in [0.4, 0.5) is 5.82 Å². The zero-order valence-electron chi connectivity index (χ0n) is 11.4. The third-order valence-corrected chi connectivity index (χ3v) is 3.28. The van der Waals surface area contributed by atoms with Gasteiger partial charge in [-0.1, -0.05) is 18.2 Å². The van der Waals surface area contributed by atoms with Gasteiger partial charge in [-0.25, -0.2) is 9.97 Å². The van der Waals surface area contributed by atoms with E-state index < -0.39 is 0 Å². The molecule has 0 aliphatic rings. The number of ether oxygens (including phenoxy) is 1. The van der Waals surface area contributed by atoms with E-state index in [1.807, 2.05) is 37.3 Å². The minimum atomic E-state index is 0.513. The molecule has 0 amide bonds. The Bertz CT molecular complexity index is 784. The highest BCUT2D eigenvalue weighted by Crippen LogP contribution is 2.33. The number of anilines is 1. The summed E-state index contributed by atoms with van der Waals surface area (Å²) < 4.78 is 5.42. The molecule has 0 atom stereocenters. The molecule has 0 radical (unpaired) electrons.